The fourth-order valence-corrected chi connectivity index (χ4v) is 2.74. The molecule has 0 aliphatic heterocycles. The van der Waals surface area contributed by atoms with Crippen LogP contribution >= 0.6 is 0 Å². The lowest BCUT2D eigenvalue weighted by molar-refractivity contribution is 0.0639. The Labute approximate surface area is 108 Å². The Kier molecular flexibility index (Phi) is 4.07. The van der Waals surface area contributed by atoms with E-state index in [0.717, 1.165) is 32.2 Å². The quantitative estimate of drug-likeness (QED) is 0.895. The van der Waals surface area contributed by atoms with Crippen molar-refractivity contribution in [2.75, 3.05) is 6.54 Å². The molecule has 0 aromatic carbocycles. The van der Waals surface area contributed by atoms with Crippen LogP contribution in [0.15, 0.2) is 16.7 Å². The molecule has 1 fully saturated rings. The summed E-state index contributed by atoms with van der Waals surface area (Å²) >= 11 is 0. The Balaban J connectivity index is 2.09. The van der Waals surface area contributed by atoms with Crippen molar-refractivity contribution in [1.29, 1.82) is 0 Å². The van der Waals surface area contributed by atoms with Gasteiger partial charge in [0.25, 0.3) is 5.91 Å². The third-order valence-electron chi connectivity index (χ3n) is 3.87. The molecule has 1 saturated carbocycles. The van der Waals surface area contributed by atoms with E-state index in [9.17, 15) is 4.79 Å². The number of hydrogen-bond donors (Lipinski definition) is 1. The van der Waals surface area contributed by atoms with E-state index in [-0.39, 0.29) is 5.91 Å². The van der Waals surface area contributed by atoms with Crippen LogP contribution in [0, 0.1) is 6.92 Å². The van der Waals surface area contributed by atoms with Crippen LogP contribution in [0.3, 0.4) is 0 Å². The zero-order chi connectivity index (χ0) is 13.1. The van der Waals surface area contributed by atoms with Crippen molar-refractivity contribution in [3.8, 4) is 0 Å². The molecule has 0 unspecified atom stereocenters. The van der Waals surface area contributed by atoms with Crippen molar-refractivity contribution < 1.29 is 9.21 Å². The van der Waals surface area contributed by atoms with E-state index in [1.54, 1.807) is 12.3 Å². The van der Waals surface area contributed by atoms with Gasteiger partial charge < -0.3 is 15.1 Å². The van der Waals surface area contributed by atoms with E-state index in [0.29, 0.717) is 23.4 Å². The Hall–Kier alpha value is -1.29. The second kappa shape index (κ2) is 5.57. The van der Waals surface area contributed by atoms with Crippen LogP contribution in [0.4, 0.5) is 0 Å². The molecule has 4 nitrogen and oxygen atoms in total. The molecule has 2 N–H and O–H groups in total. The number of carbonyl (C=O) groups excluding carboxylic acids is 1. The molecule has 0 radical (unpaired) electrons. The Bertz CT molecular complexity index is 406. The maximum atomic E-state index is 12.5. The van der Waals surface area contributed by atoms with Crippen LogP contribution in [0.5, 0.6) is 0 Å². The summed E-state index contributed by atoms with van der Waals surface area (Å²) in [6.45, 7) is 4.60. The highest BCUT2D eigenvalue weighted by Crippen LogP contribution is 2.24. The minimum atomic E-state index is 0.0872. The third-order valence-corrected chi connectivity index (χ3v) is 3.87. The van der Waals surface area contributed by atoms with Gasteiger partial charge in [-0.15, -0.1) is 0 Å². The maximum Gasteiger partial charge on any atom is 0.257 e. The smallest absolute Gasteiger partial charge is 0.257 e. The fraction of sp³-hybridized carbons (Fsp3) is 0.643. The summed E-state index contributed by atoms with van der Waals surface area (Å²) in [6.07, 6.45) is 5.63. The predicted molar refractivity (Wildman–Crippen MR) is 70.4 cm³/mol. The highest BCUT2D eigenvalue weighted by molar-refractivity contribution is 5.95. The summed E-state index contributed by atoms with van der Waals surface area (Å²) in [5, 5.41) is 0. The molecule has 0 saturated heterocycles. The average molecular weight is 250 g/mol. The summed E-state index contributed by atoms with van der Waals surface area (Å²) in [4.78, 5) is 14.4. The van der Waals surface area contributed by atoms with Gasteiger partial charge in [-0.3, -0.25) is 4.79 Å². The Morgan fingerprint density at radius 2 is 2.11 bits per heavy atom. The first-order valence-corrected chi connectivity index (χ1v) is 6.74. The van der Waals surface area contributed by atoms with Crippen LogP contribution < -0.4 is 5.73 Å². The van der Waals surface area contributed by atoms with Crippen molar-refractivity contribution in [1.82, 2.24) is 4.90 Å². The monoisotopic (exact) mass is 250 g/mol. The van der Waals surface area contributed by atoms with Gasteiger partial charge in [0.05, 0.1) is 11.8 Å². The second-order valence-electron chi connectivity index (χ2n) is 5.05. The van der Waals surface area contributed by atoms with E-state index >= 15 is 0 Å². The minimum absolute atomic E-state index is 0.0872. The number of amides is 1. The van der Waals surface area contributed by atoms with Crippen LogP contribution in [-0.4, -0.2) is 29.4 Å². The largest absolute Gasteiger partial charge is 0.469 e. The molecule has 1 amide bonds. The lowest BCUT2D eigenvalue weighted by atomic mass is 9.90. The van der Waals surface area contributed by atoms with E-state index < -0.39 is 0 Å². The van der Waals surface area contributed by atoms with Gasteiger partial charge in [-0.1, -0.05) is 0 Å². The van der Waals surface area contributed by atoms with E-state index in [1.165, 1.54) is 0 Å². The zero-order valence-electron chi connectivity index (χ0n) is 11.2. The predicted octanol–water partition coefficient (Wildman–Crippen LogP) is 2.32. The highest BCUT2D eigenvalue weighted by atomic mass is 16.3. The van der Waals surface area contributed by atoms with Gasteiger partial charge in [0.15, 0.2) is 0 Å². The summed E-state index contributed by atoms with van der Waals surface area (Å²) in [6, 6.07) is 2.40. The van der Waals surface area contributed by atoms with Crippen molar-refractivity contribution in [3.63, 3.8) is 0 Å². The summed E-state index contributed by atoms with van der Waals surface area (Å²) in [7, 11) is 0. The van der Waals surface area contributed by atoms with E-state index in [2.05, 4.69) is 0 Å². The number of hydrogen-bond acceptors (Lipinski definition) is 3. The molecule has 1 aromatic rings. The molecule has 2 rings (SSSR count). The summed E-state index contributed by atoms with van der Waals surface area (Å²) in [5.74, 6) is 0.787. The number of aryl methyl sites for hydroxylation is 1. The van der Waals surface area contributed by atoms with Crippen molar-refractivity contribution in [3.05, 3.63) is 23.7 Å². The van der Waals surface area contributed by atoms with Crippen molar-refractivity contribution in [2.45, 2.75) is 51.6 Å². The number of nitrogens with two attached hydrogens (primary N) is 1. The van der Waals surface area contributed by atoms with Gasteiger partial charge in [-0.05, 0) is 45.6 Å². The van der Waals surface area contributed by atoms with Crippen molar-refractivity contribution >= 4 is 5.91 Å². The molecular formula is C14H22N2O2. The average Bonchev–Trinajstić information content (AvgIpc) is 2.78. The zero-order valence-corrected chi connectivity index (χ0v) is 11.2. The van der Waals surface area contributed by atoms with Crippen LogP contribution in [0.1, 0.15) is 48.7 Å². The fourth-order valence-electron chi connectivity index (χ4n) is 2.74. The second-order valence-corrected chi connectivity index (χ2v) is 5.05. The summed E-state index contributed by atoms with van der Waals surface area (Å²) in [5.41, 5.74) is 6.60. The van der Waals surface area contributed by atoms with Crippen molar-refractivity contribution in [2.24, 2.45) is 5.73 Å². The van der Waals surface area contributed by atoms with Crippen LogP contribution in [-0.2, 0) is 0 Å². The number of carbonyl (C=O) groups is 1. The first-order valence-electron chi connectivity index (χ1n) is 6.74. The van der Waals surface area contributed by atoms with E-state index in [1.807, 2.05) is 18.7 Å². The molecule has 1 aromatic heterocycles. The molecule has 0 atom stereocenters. The van der Waals surface area contributed by atoms with Gasteiger partial charge in [0, 0.05) is 18.6 Å². The Morgan fingerprint density at radius 1 is 1.44 bits per heavy atom. The molecule has 1 aliphatic rings. The van der Waals surface area contributed by atoms with Crippen LogP contribution in [0.25, 0.3) is 0 Å². The molecule has 0 spiro atoms. The lowest BCUT2D eigenvalue weighted by Gasteiger charge is -2.35. The SMILES string of the molecule is CCN(C(=O)c1ccoc1C)C1CCC(N)CC1. The molecule has 1 heterocycles. The molecular weight excluding hydrogens is 228 g/mol. The highest BCUT2D eigenvalue weighted by Gasteiger charge is 2.28. The third kappa shape index (κ3) is 2.58. The Morgan fingerprint density at radius 3 is 2.61 bits per heavy atom. The van der Waals surface area contributed by atoms with Crippen LogP contribution in [0.2, 0.25) is 0 Å². The first-order chi connectivity index (χ1) is 8.63. The minimum Gasteiger partial charge on any atom is -0.469 e. The van der Waals surface area contributed by atoms with Gasteiger partial charge in [0.2, 0.25) is 0 Å². The number of furan rings is 1. The normalized spacial score (nSPS) is 23.9. The molecule has 18 heavy (non-hydrogen) atoms. The number of rotatable bonds is 3. The van der Waals surface area contributed by atoms with E-state index in [4.69, 9.17) is 10.2 Å². The number of nitrogens with zero attached hydrogens (tertiary/aromatic N) is 1. The van der Waals surface area contributed by atoms with Gasteiger partial charge in [-0.2, -0.15) is 0 Å². The van der Waals surface area contributed by atoms with Gasteiger partial charge in [0.1, 0.15) is 5.76 Å². The molecule has 4 heteroatoms. The topological polar surface area (TPSA) is 59.5 Å². The molecule has 100 valence electrons. The standard InChI is InChI=1S/C14H22N2O2/c1-3-16(12-6-4-11(15)5-7-12)14(17)13-8-9-18-10(13)2/h8-9,11-12H,3-7,15H2,1-2H3. The molecule has 1 aliphatic carbocycles. The van der Waals surface area contributed by atoms with Gasteiger partial charge in [-0.25, -0.2) is 0 Å². The maximum absolute atomic E-state index is 12.5. The molecule has 0 bridgehead atoms. The lowest BCUT2D eigenvalue weighted by Crippen LogP contribution is -2.44. The first kappa shape index (κ1) is 13.1. The summed E-state index contributed by atoms with van der Waals surface area (Å²) < 4.78 is 5.22. The van der Waals surface area contributed by atoms with Gasteiger partial charge >= 0.3 is 0 Å².